The van der Waals surface area contributed by atoms with Crippen LogP contribution < -0.4 is 21.3 Å². The lowest BCUT2D eigenvalue weighted by Gasteiger charge is -2.35. The number of hydrogen-bond donors (Lipinski definition) is 3. The van der Waals surface area contributed by atoms with Crippen molar-refractivity contribution in [2.75, 3.05) is 30.3 Å². The van der Waals surface area contributed by atoms with Crippen molar-refractivity contribution in [3.05, 3.63) is 46.1 Å². The Balaban J connectivity index is 1.27. The van der Waals surface area contributed by atoms with E-state index in [-0.39, 0.29) is 18.5 Å². The van der Waals surface area contributed by atoms with Crippen LogP contribution in [-0.2, 0) is 12.8 Å². The molecule has 2 aliphatic rings. The van der Waals surface area contributed by atoms with Gasteiger partial charge in [0.05, 0.1) is 11.7 Å². The van der Waals surface area contributed by atoms with Crippen molar-refractivity contribution in [2.24, 2.45) is 0 Å². The highest BCUT2D eigenvalue weighted by Crippen LogP contribution is 2.33. The van der Waals surface area contributed by atoms with Crippen molar-refractivity contribution in [3.63, 3.8) is 0 Å². The fourth-order valence-corrected chi connectivity index (χ4v) is 5.61. The lowest BCUT2D eigenvalue weighted by molar-refractivity contribution is 0.0936. The number of anilines is 2. The molecule has 33 heavy (non-hydrogen) atoms. The second-order valence-corrected chi connectivity index (χ2v) is 9.68. The lowest BCUT2D eigenvalue weighted by atomic mass is 9.91. The molecule has 2 atom stereocenters. The number of rotatable bonds is 4. The van der Waals surface area contributed by atoms with E-state index in [1.54, 1.807) is 0 Å². The maximum Gasteiger partial charge on any atom is 0.263 e. The number of thiophene rings is 1. The van der Waals surface area contributed by atoms with E-state index in [0.717, 1.165) is 45.8 Å². The minimum atomic E-state index is -2.40. The second kappa shape index (κ2) is 8.83. The van der Waals surface area contributed by atoms with Crippen LogP contribution >= 0.6 is 11.3 Å². The van der Waals surface area contributed by atoms with Crippen LogP contribution in [0.3, 0.4) is 0 Å². The fraction of sp³-hybridized carbons (Fsp3) is 0.435. The number of aryl methyl sites for hydroxylation is 2. The van der Waals surface area contributed by atoms with Crippen molar-refractivity contribution < 1.29 is 13.6 Å². The predicted molar refractivity (Wildman–Crippen MR) is 126 cm³/mol. The van der Waals surface area contributed by atoms with Crippen LogP contribution in [0.5, 0.6) is 0 Å². The third kappa shape index (κ3) is 4.37. The summed E-state index contributed by atoms with van der Waals surface area (Å²) in [5, 5.41) is 6.79. The molecule has 0 saturated carbocycles. The van der Waals surface area contributed by atoms with Crippen LogP contribution in [0.1, 0.15) is 33.0 Å². The number of fused-ring (bicyclic) bond motifs is 2. The van der Waals surface area contributed by atoms with E-state index >= 15 is 0 Å². The van der Waals surface area contributed by atoms with E-state index in [1.807, 2.05) is 36.1 Å². The van der Waals surface area contributed by atoms with Gasteiger partial charge in [0.25, 0.3) is 12.3 Å². The van der Waals surface area contributed by atoms with Gasteiger partial charge < -0.3 is 21.3 Å². The van der Waals surface area contributed by atoms with Crippen molar-refractivity contribution in [3.8, 4) is 0 Å². The first-order chi connectivity index (χ1) is 15.9. The standard InChI is InChI=1S/C23H26F2N6OS/c1-12-2-5-15-19(26)20(33-23(15)28-12)22(32)29-14-4-6-16-13(10-14)3-7-18(30-16)31-9-8-27-17(11-31)21(24)25/h2-3,5,7,14,17,21,27H,4,6,8-11,26H2,1H3,(H,29,32)/t14-,17-/m0/s1. The van der Waals surface area contributed by atoms with Crippen LogP contribution in [-0.4, -0.2) is 54.0 Å². The van der Waals surface area contributed by atoms with Crippen molar-refractivity contribution >= 4 is 39.0 Å². The van der Waals surface area contributed by atoms with Gasteiger partial charge in [0.1, 0.15) is 15.5 Å². The number of nitrogens with two attached hydrogens (primary N) is 1. The SMILES string of the molecule is Cc1ccc2c(N)c(C(=O)N[C@H]3CCc4nc(N5CCN[C@H](C(F)F)C5)ccc4C3)sc2n1. The molecule has 1 amide bonds. The Morgan fingerprint density at radius 2 is 2.15 bits per heavy atom. The number of carbonyl (C=O) groups excluding carboxylic acids is 1. The van der Waals surface area contributed by atoms with Crippen molar-refractivity contribution in [2.45, 2.75) is 44.7 Å². The van der Waals surface area contributed by atoms with E-state index in [1.165, 1.54) is 11.3 Å². The summed E-state index contributed by atoms with van der Waals surface area (Å²) in [5.41, 5.74) is 9.65. The van der Waals surface area contributed by atoms with Crippen molar-refractivity contribution in [1.82, 2.24) is 20.6 Å². The average Bonchev–Trinajstić information content (AvgIpc) is 3.14. The molecule has 1 aliphatic heterocycles. The third-order valence-corrected chi connectivity index (χ3v) is 7.47. The summed E-state index contributed by atoms with van der Waals surface area (Å²) < 4.78 is 26.2. The van der Waals surface area contributed by atoms with Gasteiger partial charge in [0.2, 0.25) is 0 Å². The van der Waals surface area contributed by atoms with Gasteiger partial charge in [-0.3, -0.25) is 4.79 Å². The summed E-state index contributed by atoms with van der Waals surface area (Å²) >= 11 is 1.32. The summed E-state index contributed by atoms with van der Waals surface area (Å²) in [5.74, 6) is 0.564. The Bertz CT molecular complexity index is 1200. The van der Waals surface area contributed by atoms with Crippen molar-refractivity contribution in [1.29, 1.82) is 0 Å². The molecule has 4 N–H and O–H groups in total. The van der Waals surface area contributed by atoms with Gasteiger partial charge in [-0.05, 0) is 49.9 Å². The fourth-order valence-electron chi connectivity index (χ4n) is 4.56. The van der Waals surface area contributed by atoms with E-state index in [4.69, 9.17) is 10.7 Å². The van der Waals surface area contributed by atoms with E-state index in [2.05, 4.69) is 15.6 Å². The van der Waals surface area contributed by atoms with Crippen LogP contribution in [0.2, 0.25) is 0 Å². The van der Waals surface area contributed by atoms with E-state index in [0.29, 0.717) is 30.1 Å². The Labute approximate surface area is 194 Å². The number of alkyl halides is 2. The Morgan fingerprint density at radius 1 is 1.30 bits per heavy atom. The van der Waals surface area contributed by atoms with Gasteiger partial charge in [-0.1, -0.05) is 6.07 Å². The first-order valence-corrected chi connectivity index (χ1v) is 11.9. The van der Waals surface area contributed by atoms with Gasteiger partial charge in [-0.25, -0.2) is 18.7 Å². The van der Waals surface area contributed by atoms with Crippen LogP contribution in [0.4, 0.5) is 20.3 Å². The number of halogens is 2. The van der Waals surface area contributed by atoms with Gasteiger partial charge in [0, 0.05) is 42.5 Å². The minimum absolute atomic E-state index is 0.0145. The molecule has 3 aromatic rings. The molecule has 0 spiro atoms. The van der Waals surface area contributed by atoms with Crippen LogP contribution in [0.15, 0.2) is 24.3 Å². The number of aromatic nitrogens is 2. The zero-order valence-corrected chi connectivity index (χ0v) is 19.1. The summed E-state index contributed by atoms with van der Waals surface area (Å²) in [6.45, 7) is 3.32. The Kier molecular flexibility index (Phi) is 5.88. The highest BCUT2D eigenvalue weighted by atomic mass is 32.1. The first kappa shape index (κ1) is 22.0. The minimum Gasteiger partial charge on any atom is -0.397 e. The highest BCUT2D eigenvalue weighted by molar-refractivity contribution is 7.21. The molecule has 0 aromatic carbocycles. The number of amides is 1. The van der Waals surface area contributed by atoms with Gasteiger partial charge in [-0.2, -0.15) is 0 Å². The number of piperazine rings is 1. The smallest absolute Gasteiger partial charge is 0.263 e. The summed E-state index contributed by atoms with van der Waals surface area (Å²) in [4.78, 5) is 25.4. The van der Waals surface area contributed by atoms with Crippen LogP contribution in [0, 0.1) is 6.92 Å². The molecule has 0 bridgehead atoms. The molecule has 1 saturated heterocycles. The molecule has 0 radical (unpaired) electrons. The quantitative estimate of drug-likeness (QED) is 0.540. The Hall–Kier alpha value is -2.85. The molecular formula is C23H26F2N6OS. The summed E-state index contributed by atoms with van der Waals surface area (Å²) in [7, 11) is 0. The van der Waals surface area contributed by atoms with E-state index < -0.39 is 12.5 Å². The lowest BCUT2D eigenvalue weighted by Crippen LogP contribution is -2.54. The van der Waals surface area contributed by atoms with Crippen LogP contribution in [0.25, 0.3) is 10.2 Å². The number of nitrogens with zero attached hydrogens (tertiary/aromatic N) is 3. The molecular weight excluding hydrogens is 446 g/mol. The van der Waals surface area contributed by atoms with Gasteiger partial charge in [-0.15, -0.1) is 11.3 Å². The van der Waals surface area contributed by atoms with E-state index in [9.17, 15) is 13.6 Å². The average molecular weight is 473 g/mol. The monoisotopic (exact) mass is 472 g/mol. The molecule has 174 valence electrons. The number of pyridine rings is 2. The molecule has 1 aliphatic carbocycles. The summed E-state index contributed by atoms with van der Waals surface area (Å²) in [6, 6.07) is 6.85. The molecule has 7 nitrogen and oxygen atoms in total. The first-order valence-electron chi connectivity index (χ1n) is 11.1. The molecule has 1 fully saturated rings. The Morgan fingerprint density at radius 3 is 2.97 bits per heavy atom. The normalized spacial score (nSPS) is 20.8. The number of hydrogen-bond acceptors (Lipinski definition) is 7. The predicted octanol–water partition coefficient (Wildman–Crippen LogP) is 2.91. The largest absolute Gasteiger partial charge is 0.397 e. The molecule has 5 rings (SSSR count). The zero-order chi connectivity index (χ0) is 23.1. The van der Waals surface area contributed by atoms with Gasteiger partial charge >= 0.3 is 0 Å². The third-order valence-electron chi connectivity index (χ3n) is 6.36. The van der Waals surface area contributed by atoms with Gasteiger partial charge in [0.15, 0.2) is 0 Å². The maximum atomic E-state index is 13.1. The number of carbonyl (C=O) groups is 1. The number of nitrogen functional groups attached to an aromatic ring is 1. The topological polar surface area (TPSA) is 96.2 Å². The molecule has 4 heterocycles. The molecule has 3 aromatic heterocycles. The molecule has 10 heteroatoms. The molecule has 0 unspecified atom stereocenters. The summed E-state index contributed by atoms with van der Waals surface area (Å²) in [6.07, 6.45) is -0.234. The highest BCUT2D eigenvalue weighted by Gasteiger charge is 2.29. The maximum absolute atomic E-state index is 13.1. The second-order valence-electron chi connectivity index (χ2n) is 8.68. The zero-order valence-electron chi connectivity index (χ0n) is 18.3. The number of nitrogens with one attached hydrogen (secondary N) is 2.